The molecule has 0 radical (unpaired) electrons. The van der Waals surface area contributed by atoms with E-state index in [1.165, 1.54) is 11.8 Å². The summed E-state index contributed by atoms with van der Waals surface area (Å²) >= 11 is 6.38. The van der Waals surface area contributed by atoms with E-state index in [4.69, 9.17) is 12.2 Å². The van der Waals surface area contributed by atoms with Crippen molar-refractivity contribution in [2.75, 3.05) is 0 Å². The average molecular weight is 196 g/mol. The van der Waals surface area contributed by atoms with Crippen LogP contribution in [0.5, 0.6) is 0 Å². The average Bonchev–Trinajstić information content (AvgIpc) is 2.04. The van der Waals surface area contributed by atoms with E-state index in [1.54, 1.807) is 6.07 Å². The van der Waals surface area contributed by atoms with Crippen molar-refractivity contribution in [1.82, 2.24) is 0 Å². The molecule has 0 amide bonds. The van der Waals surface area contributed by atoms with E-state index < -0.39 is 0 Å². The van der Waals surface area contributed by atoms with Gasteiger partial charge in [0.05, 0.1) is 0 Å². The van der Waals surface area contributed by atoms with Crippen molar-refractivity contribution >= 4 is 34.5 Å². The molecule has 0 aromatic heterocycles. The first kappa shape index (κ1) is 9.42. The van der Waals surface area contributed by atoms with Gasteiger partial charge < -0.3 is 0 Å². The molecule has 0 aliphatic rings. The predicted molar refractivity (Wildman–Crippen MR) is 56.0 cm³/mol. The summed E-state index contributed by atoms with van der Waals surface area (Å²) in [5, 5.41) is 0. The molecule has 0 saturated heterocycles. The molecule has 0 N–H and O–H groups in total. The molecule has 62 valence electrons. The summed E-state index contributed by atoms with van der Waals surface area (Å²) < 4.78 is 0.823. The predicted octanol–water partition coefficient (Wildman–Crippen LogP) is 2.94. The third-order valence-corrected chi connectivity index (χ3v) is 2.43. The molecule has 1 aromatic carbocycles. The summed E-state index contributed by atoms with van der Waals surface area (Å²) in [6.45, 7) is 1.85. The van der Waals surface area contributed by atoms with E-state index in [0.29, 0.717) is 5.56 Å². The minimum atomic E-state index is 0.701. The van der Waals surface area contributed by atoms with Gasteiger partial charge in [-0.05, 0) is 13.0 Å². The molecule has 0 aliphatic carbocycles. The van der Waals surface area contributed by atoms with Gasteiger partial charge in [-0.15, -0.1) is 0 Å². The molecule has 12 heavy (non-hydrogen) atoms. The van der Waals surface area contributed by atoms with Crippen LogP contribution in [0.15, 0.2) is 29.2 Å². The maximum Gasteiger partial charge on any atom is 0.151 e. The van der Waals surface area contributed by atoms with E-state index >= 15 is 0 Å². The molecule has 0 aliphatic heterocycles. The van der Waals surface area contributed by atoms with Gasteiger partial charge in [0.25, 0.3) is 0 Å². The first-order chi connectivity index (χ1) is 5.74. The molecule has 0 atom stereocenters. The second-order valence-corrected chi connectivity index (χ2v) is 4.38. The number of thiocarbonyl (C=S) groups is 1. The van der Waals surface area contributed by atoms with Crippen LogP contribution in [0.3, 0.4) is 0 Å². The number of benzene rings is 1. The van der Waals surface area contributed by atoms with Crippen molar-refractivity contribution in [2.24, 2.45) is 0 Å². The van der Waals surface area contributed by atoms with Crippen molar-refractivity contribution in [3.63, 3.8) is 0 Å². The Morgan fingerprint density at radius 1 is 1.50 bits per heavy atom. The normalized spacial score (nSPS) is 9.42. The SMILES string of the molecule is CC(=S)Sc1ccccc1C=O. The second-order valence-electron chi connectivity index (χ2n) is 2.25. The zero-order valence-corrected chi connectivity index (χ0v) is 8.24. The lowest BCUT2D eigenvalue weighted by molar-refractivity contribution is 0.112. The van der Waals surface area contributed by atoms with Crippen LogP contribution in [0.2, 0.25) is 0 Å². The van der Waals surface area contributed by atoms with Crippen LogP contribution in [0.25, 0.3) is 0 Å². The van der Waals surface area contributed by atoms with Crippen LogP contribution in [0, 0.1) is 0 Å². The van der Waals surface area contributed by atoms with Gasteiger partial charge in [-0.1, -0.05) is 42.2 Å². The van der Waals surface area contributed by atoms with E-state index in [2.05, 4.69) is 0 Å². The zero-order chi connectivity index (χ0) is 8.97. The smallest absolute Gasteiger partial charge is 0.151 e. The van der Waals surface area contributed by atoms with Crippen LogP contribution >= 0.6 is 24.0 Å². The van der Waals surface area contributed by atoms with Crippen molar-refractivity contribution in [3.05, 3.63) is 29.8 Å². The van der Waals surface area contributed by atoms with Gasteiger partial charge in [0.2, 0.25) is 0 Å². The van der Waals surface area contributed by atoms with Gasteiger partial charge in [-0.25, -0.2) is 0 Å². The lowest BCUT2D eigenvalue weighted by atomic mass is 10.2. The topological polar surface area (TPSA) is 17.1 Å². The molecule has 0 heterocycles. The molecule has 0 saturated carbocycles. The molecule has 0 unspecified atom stereocenters. The van der Waals surface area contributed by atoms with Gasteiger partial charge in [0.1, 0.15) is 0 Å². The van der Waals surface area contributed by atoms with Gasteiger partial charge in [-0.2, -0.15) is 0 Å². The first-order valence-electron chi connectivity index (χ1n) is 3.46. The quantitative estimate of drug-likeness (QED) is 0.411. The first-order valence-corrected chi connectivity index (χ1v) is 4.69. The molecule has 1 rings (SSSR count). The number of rotatable bonds is 2. The summed E-state index contributed by atoms with van der Waals surface area (Å²) in [5.41, 5.74) is 0.701. The van der Waals surface area contributed by atoms with Crippen molar-refractivity contribution in [2.45, 2.75) is 11.8 Å². The van der Waals surface area contributed by atoms with E-state index in [9.17, 15) is 4.79 Å². The Morgan fingerprint density at radius 3 is 2.75 bits per heavy atom. The number of thioether (sulfide) groups is 1. The van der Waals surface area contributed by atoms with E-state index in [0.717, 1.165) is 15.4 Å². The van der Waals surface area contributed by atoms with E-state index in [1.807, 2.05) is 25.1 Å². The van der Waals surface area contributed by atoms with Gasteiger partial charge in [-0.3, -0.25) is 4.79 Å². The van der Waals surface area contributed by atoms with Crippen LogP contribution in [-0.4, -0.2) is 10.5 Å². The highest BCUT2D eigenvalue weighted by Gasteiger charge is 2.00. The number of carbonyl (C=O) groups is 1. The van der Waals surface area contributed by atoms with Gasteiger partial charge >= 0.3 is 0 Å². The second kappa shape index (κ2) is 4.38. The summed E-state index contributed by atoms with van der Waals surface area (Å²) in [7, 11) is 0. The third kappa shape index (κ3) is 2.43. The Labute approximate surface area is 81.2 Å². The summed E-state index contributed by atoms with van der Waals surface area (Å²) in [5.74, 6) is 0. The third-order valence-electron chi connectivity index (χ3n) is 1.30. The highest BCUT2D eigenvalue weighted by molar-refractivity contribution is 8.23. The number of aldehydes is 1. The summed E-state index contributed by atoms with van der Waals surface area (Å²) in [4.78, 5) is 11.5. The maximum atomic E-state index is 10.6. The van der Waals surface area contributed by atoms with Crippen LogP contribution in [-0.2, 0) is 0 Å². The standard InChI is InChI=1S/C9H8OS2/c1-7(11)12-9-5-3-2-4-8(9)6-10/h2-6H,1H3. The lowest BCUT2D eigenvalue weighted by Crippen LogP contribution is -1.85. The lowest BCUT2D eigenvalue weighted by Gasteiger charge is -2.00. The van der Waals surface area contributed by atoms with Gasteiger partial charge in [0.15, 0.2) is 6.29 Å². The minimum Gasteiger partial charge on any atom is -0.298 e. The van der Waals surface area contributed by atoms with Crippen molar-refractivity contribution in [1.29, 1.82) is 0 Å². The minimum absolute atomic E-state index is 0.701. The zero-order valence-electron chi connectivity index (χ0n) is 6.61. The van der Waals surface area contributed by atoms with Crippen LogP contribution in [0.4, 0.5) is 0 Å². The highest BCUT2D eigenvalue weighted by atomic mass is 32.2. The number of carbonyl (C=O) groups excluding carboxylic acids is 1. The molecule has 1 nitrogen and oxygen atoms in total. The van der Waals surface area contributed by atoms with Crippen LogP contribution < -0.4 is 0 Å². The fourth-order valence-corrected chi connectivity index (χ4v) is 1.79. The van der Waals surface area contributed by atoms with Crippen molar-refractivity contribution in [3.8, 4) is 0 Å². The Hall–Kier alpha value is -0.670. The largest absolute Gasteiger partial charge is 0.298 e. The summed E-state index contributed by atoms with van der Waals surface area (Å²) in [6, 6.07) is 7.41. The fraction of sp³-hybridized carbons (Fsp3) is 0.111. The monoisotopic (exact) mass is 196 g/mol. The Morgan fingerprint density at radius 2 is 2.17 bits per heavy atom. The number of hydrogen-bond donors (Lipinski definition) is 0. The molecular formula is C9H8OS2. The molecule has 3 heteroatoms. The maximum absolute atomic E-state index is 10.6. The Balaban J connectivity index is 2.96. The Kier molecular flexibility index (Phi) is 3.44. The van der Waals surface area contributed by atoms with Gasteiger partial charge in [0, 0.05) is 14.7 Å². The summed E-state index contributed by atoms with van der Waals surface area (Å²) in [6.07, 6.45) is 0.848. The molecule has 0 bridgehead atoms. The fourth-order valence-electron chi connectivity index (χ4n) is 0.826. The molecular weight excluding hydrogens is 188 g/mol. The Bertz CT molecular complexity index is 307. The molecule has 0 spiro atoms. The molecule has 0 fully saturated rings. The highest BCUT2D eigenvalue weighted by Crippen LogP contribution is 2.22. The number of hydrogen-bond acceptors (Lipinski definition) is 3. The van der Waals surface area contributed by atoms with Crippen LogP contribution in [0.1, 0.15) is 17.3 Å². The van der Waals surface area contributed by atoms with Crippen molar-refractivity contribution < 1.29 is 4.79 Å². The molecule has 1 aromatic rings. The van der Waals surface area contributed by atoms with E-state index in [-0.39, 0.29) is 0 Å².